The molecule has 3 aromatic rings. The summed E-state index contributed by atoms with van der Waals surface area (Å²) in [5.41, 5.74) is -0.624. The Morgan fingerprint density at radius 2 is 1.94 bits per heavy atom. The second-order valence-corrected chi connectivity index (χ2v) is 8.33. The van der Waals surface area contributed by atoms with Crippen molar-refractivity contribution >= 4 is 5.78 Å². The number of halogens is 1. The van der Waals surface area contributed by atoms with E-state index >= 15 is 0 Å². The van der Waals surface area contributed by atoms with Gasteiger partial charge in [0, 0.05) is 11.8 Å². The number of aromatic nitrogens is 3. The number of hydrogen-bond acceptors (Lipinski definition) is 5. The van der Waals surface area contributed by atoms with Crippen LogP contribution in [0.3, 0.4) is 0 Å². The van der Waals surface area contributed by atoms with Crippen LogP contribution in [-0.2, 0) is 12.0 Å². The molecule has 1 N–H and O–H groups in total. The topological polar surface area (TPSA) is 109 Å². The van der Waals surface area contributed by atoms with E-state index in [0.717, 1.165) is 10.6 Å². The maximum absolute atomic E-state index is 13.6. The quantitative estimate of drug-likeness (QED) is 0.516. The second-order valence-electron chi connectivity index (χ2n) is 8.33. The molecule has 0 amide bonds. The fourth-order valence-corrected chi connectivity index (χ4v) is 3.49. The number of rotatable bonds is 4. The minimum Gasteiger partial charge on any atom is -0.287 e. The molecule has 0 saturated carbocycles. The summed E-state index contributed by atoms with van der Waals surface area (Å²) in [6.07, 6.45) is 1.26. The third kappa shape index (κ3) is 4.51. The molecule has 0 bridgehead atoms. The van der Waals surface area contributed by atoms with E-state index in [1.807, 2.05) is 6.07 Å². The van der Waals surface area contributed by atoms with Crippen LogP contribution in [0, 0.1) is 24.2 Å². The summed E-state index contributed by atoms with van der Waals surface area (Å²) in [4.78, 5) is 44.9. The number of pyridine rings is 1. The van der Waals surface area contributed by atoms with Crippen LogP contribution in [0.15, 0.2) is 46.1 Å². The summed E-state index contributed by atoms with van der Waals surface area (Å²) in [6, 6.07) is 9.33. The number of H-pyrrole nitrogens is 1. The third-order valence-electron chi connectivity index (χ3n) is 4.76. The van der Waals surface area contributed by atoms with E-state index in [0.29, 0.717) is 11.1 Å². The number of aryl methyl sites for hydroxylation is 1. The summed E-state index contributed by atoms with van der Waals surface area (Å²) in [5, 5.41) is 9.27. The third-order valence-corrected chi connectivity index (χ3v) is 4.76. The monoisotopic (exact) mass is 420 g/mol. The number of nitriles is 1. The molecule has 2 aromatic heterocycles. The molecular weight excluding hydrogens is 399 g/mol. The van der Waals surface area contributed by atoms with Crippen LogP contribution < -0.4 is 11.2 Å². The summed E-state index contributed by atoms with van der Waals surface area (Å²) >= 11 is 0. The summed E-state index contributed by atoms with van der Waals surface area (Å²) < 4.78 is 14.7. The first-order valence-electron chi connectivity index (χ1n) is 9.56. The Kier molecular flexibility index (Phi) is 5.71. The fourth-order valence-electron chi connectivity index (χ4n) is 3.49. The summed E-state index contributed by atoms with van der Waals surface area (Å²) in [5.74, 6) is -1.29. The molecule has 0 unspecified atom stereocenters. The largest absolute Gasteiger partial charge is 0.329 e. The van der Waals surface area contributed by atoms with Gasteiger partial charge in [0.25, 0.3) is 5.56 Å². The van der Waals surface area contributed by atoms with E-state index in [9.17, 15) is 24.0 Å². The summed E-state index contributed by atoms with van der Waals surface area (Å²) in [6.45, 7) is 6.87. The molecule has 158 valence electrons. The van der Waals surface area contributed by atoms with Gasteiger partial charge >= 0.3 is 5.69 Å². The molecule has 0 aliphatic carbocycles. The number of benzene rings is 1. The van der Waals surface area contributed by atoms with Gasteiger partial charge in [0.1, 0.15) is 5.69 Å². The van der Waals surface area contributed by atoms with E-state index < -0.39 is 28.4 Å². The second kappa shape index (κ2) is 8.11. The molecule has 1 aromatic carbocycles. The highest BCUT2D eigenvalue weighted by Crippen LogP contribution is 2.25. The van der Waals surface area contributed by atoms with Crippen LogP contribution in [0.25, 0.3) is 0 Å². The fraction of sp³-hybridized carbons (Fsp3) is 0.261. The lowest BCUT2D eigenvalue weighted by molar-refractivity contribution is 0.102. The summed E-state index contributed by atoms with van der Waals surface area (Å²) in [7, 11) is 0. The number of nitrogens with one attached hydrogen (secondary N) is 1. The molecular formula is C23H21FN4O3. The van der Waals surface area contributed by atoms with E-state index in [-0.39, 0.29) is 28.9 Å². The number of ketones is 1. The Hall–Kier alpha value is -3.86. The van der Waals surface area contributed by atoms with E-state index in [4.69, 9.17) is 0 Å². The first-order chi connectivity index (χ1) is 14.5. The van der Waals surface area contributed by atoms with Gasteiger partial charge in [-0.15, -0.1) is 0 Å². The van der Waals surface area contributed by atoms with Crippen molar-refractivity contribution in [1.29, 1.82) is 5.26 Å². The minimum atomic E-state index is -0.785. The van der Waals surface area contributed by atoms with Crippen molar-refractivity contribution < 1.29 is 9.18 Å². The number of aromatic amines is 1. The van der Waals surface area contributed by atoms with Gasteiger partial charge in [-0.3, -0.25) is 19.1 Å². The molecule has 0 radical (unpaired) electrons. The maximum Gasteiger partial charge on any atom is 0.329 e. The van der Waals surface area contributed by atoms with Gasteiger partial charge in [0.2, 0.25) is 11.7 Å². The maximum atomic E-state index is 13.6. The Balaban J connectivity index is 2.34. The Morgan fingerprint density at radius 3 is 2.55 bits per heavy atom. The molecule has 0 saturated heterocycles. The van der Waals surface area contributed by atoms with E-state index in [1.165, 1.54) is 18.3 Å². The molecule has 3 rings (SSSR count). The van der Waals surface area contributed by atoms with Gasteiger partial charge in [-0.2, -0.15) is 9.65 Å². The van der Waals surface area contributed by atoms with Crippen LogP contribution in [0.5, 0.6) is 0 Å². The van der Waals surface area contributed by atoms with E-state index in [2.05, 4.69) is 9.97 Å². The Bertz CT molecular complexity index is 1340. The predicted molar refractivity (Wildman–Crippen MR) is 113 cm³/mol. The lowest BCUT2D eigenvalue weighted by Gasteiger charge is -2.24. The molecule has 2 heterocycles. The van der Waals surface area contributed by atoms with Crippen molar-refractivity contribution in [2.24, 2.45) is 0 Å². The van der Waals surface area contributed by atoms with Crippen molar-refractivity contribution in [3.05, 3.63) is 96.8 Å². The van der Waals surface area contributed by atoms with Crippen molar-refractivity contribution in [1.82, 2.24) is 14.5 Å². The molecule has 8 heteroatoms. The normalized spacial score (nSPS) is 11.2. The van der Waals surface area contributed by atoms with Crippen molar-refractivity contribution in [3.63, 3.8) is 0 Å². The molecule has 0 spiro atoms. The molecule has 0 aliphatic rings. The molecule has 7 nitrogen and oxygen atoms in total. The molecule has 0 aliphatic heterocycles. The van der Waals surface area contributed by atoms with Gasteiger partial charge in [-0.05, 0) is 53.8 Å². The standard InChI is InChI=1S/C23H21FN4O3/c1-13-7-15(11-25)9-16(8-13)20(29)19-18(23(2,3)4)21(30)27-22(31)28(19)12-14-5-6-26-17(24)10-14/h5-10H,12H2,1-4H3,(H,27,30,31). The first-order valence-corrected chi connectivity index (χ1v) is 9.56. The number of nitrogens with zero attached hydrogens (tertiary/aromatic N) is 3. The van der Waals surface area contributed by atoms with Crippen molar-refractivity contribution in [3.8, 4) is 6.07 Å². The highest BCUT2D eigenvalue weighted by atomic mass is 19.1. The minimum absolute atomic E-state index is 0.0899. The average Bonchev–Trinajstić information content (AvgIpc) is 2.67. The SMILES string of the molecule is Cc1cc(C#N)cc(C(=O)c2c(C(C)(C)C)c(=O)[nH]c(=O)n2Cc2ccnc(F)c2)c1. The zero-order valence-corrected chi connectivity index (χ0v) is 17.6. The molecule has 0 atom stereocenters. The van der Waals surface area contributed by atoms with Gasteiger partial charge in [0.05, 0.1) is 23.7 Å². The van der Waals surface area contributed by atoms with Gasteiger partial charge in [-0.25, -0.2) is 9.78 Å². The van der Waals surface area contributed by atoms with Gasteiger partial charge in [0.15, 0.2) is 0 Å². The van der Waals surface area contributed by atoms with Crippen molar-refractivity contribution in [2.75, 3.05) is 0 Å². The first kappa shape index (κ1) is 21.8. The molecule has 0 fully saturated rings. The lowest BCUT2D eigenvalue weighted by atomic mass is 9.84. The average molecular weight is 420 g/mol. The number of carbonyl (C=O) groups is 1. The van der Waals surface area contributed by atoms with Crippen molar-refractivity contribution in [2.45, 2.75) is 39.7 Å². The highest BCUT2D eigenvalue weighted by molar-refractivity contribution is 6.09. The van der Waals surface area contributed by atoms with Gasteiger partial charge < -0.3 is 0 Å². The van der Waals surface area contributed by atoms with Crippen LogP contribution in [0.2, 0.25) is 0 Å². The smallest absolute Gasteiger partial charge is 0.287 e. The zero-order chi connectivity index (χ0) is 22.9. The lowest BCUT2D eigenvalue weighted by Crippen LogP contribution is -2.41. The molecule has 31 heavy (non-hydrogen) atoms. The van der Waals surface area contributed by atoms with Crippen LogP contribution in [0.1, 0.15) is 59.1 Å². The highest BCUT2D eigenvalue weighted by Gasteiger charge is 2.30. The number of carbonyl (C=O) groups excluding carboxylic acids is 1. The van der Waals surface area contributed by atoms with E-state index in [1.54, 1.807) is 39.8 Å². The van der Waals surface area contributed by atoms with Crippen LogP contribution in [0.4, 0.5) is 4.39 Å². The van der Waals surface area contributed by atoms with Crippen LogP contribution >= 0.6 is 0 Å². The number of hydrogen-bond donors (Lipinski definition) is 1. The predicted octanol–water partition coefficient (Wildman–Crippen LogP) is 2.83. The Morgan fingerprint density at radius 1 is 1.23 bits per heavy atom. The van der Waals surface area contributed by atoms with Crippen LogP contribution in [-0.4, -0.2) is 20.3 Å². The Labute approximate surface area is 177 Å². The van der Waals surface area contributed by atoms with Gasteiger partial charge in [-0.1, -0.05) is 20.8 Å². The zero-order valence-electron chi connectivity index (χ0n) is 17.6.